The van der Waals surface area contributed by atoms with Crippen LogP contribution in [-0.4, -0.2) is 24.4 Å². The molecule has 0 saturated heterocycles. The van der Waals surface area contributed by atoms with Gasteiger partial charge in [-0.25, -0.2) is 0 Å². The van der Waals surface area contributed by atoms with Crippen molar-refractivity contribution in [2.24, 2.45) is 0 Å². The van der Waals surface area contributed by atoms with Crippen LogP contribution in [0.25, 0.3) is 0 Å². The number of hydrogen-bond acceptors (Lipinski definition) is 2. The van der Waals surface area contributed by atoms with Gasteiger partial charge in [-0.3, -0.25) is 0 Å². The van der Waals surface area contributed by atoms with E-state index in [1.54, 1.807) is 14.0 Å². The zero-order valence-electron chi connectivity index (χ0n) is 8.55. The van der Waals surface area contributed by atoms with Crippen LogP contribution in [0, 0.1) is 0 Å². The van der Waals surface area contributed by atoms with Crippen molar-refractivity contribution in [3.63, 3.8) is 0 Å². The smallest absolute Gasteiger partial charge is 0.0827 e. The third-order valence-corrected chi connectivity index (χ3v) is 2.18. The van der Waals surface area contributed by atoms with Gasteiger partial charge in [-0.1, -0.05) is 32.6 Å². The molecule has 1 N–H and O–H groups in total. The predicted octanol–water partition coefficient (Wildman–Crippen LogP) is 2.35. The molecule has 0 rings (SSSR count). The highest BCUT2D eigenvalue weighted by Crippen LogP contribution is 2.10. The second-order valence-electron chi connectivity index (χ2n) is 3.36. The Kier molecular flexibility index (Phi) is 7.51. The Morgan fingerprint density at radius 3 is 2.33 bits per heavy atom. The van der Waals surface area contributed by atoms with Crippen molar-refractivity contribution in [2.75, 3.05) is 7.11 Å². The third kappa shape index (κ3) is 5.56. The molecule has 0 aromatic rings. The van der Waals surface area contributed by atoms with E-state index in [0.29, 0.717) is 0 Å². The summed E-state index contributed by atoms with van der Waals surface area (Å²) in [5.41, 5.74) is 0. The van der Waals surface area contributed by atoms with Crippen molar-refractivity contribution in [3.8, 4) is 0 Å². The molecule has 0 aliphatic rings. The molecule has 0 saturated carbocycles. The minimum Gasteiger partial charge on any atom is -0.391 e. The summed E-state index contributed by atoms with van der Waals surface area (Å²) in [7, 11) is 1.66. The summed E-state index contributed by atoms with van der Waals surface area (Å²) < 4.78 is 5.14. The van der Waals surface area contributed by atoms with E-state index in [1.807, 2.05) is 0 Å². The van der Waals surface area contributed by atoms with E-state index in [1.165, 1.54) is 19.3 Å². The van der Waals surface area contributed by atoms with Gasteiger partial charge in [-0.15, -0.1) is 0 Å². The van der Waals surface area contributed by atoms with E-state index < -0.39 is 0 Å². The minimum absolute atomic E-state index is 0.0295. The van der Waals surface area contributed by atoms with Gasteiger partial charge >= 0.3 is 0 Å². The Balaban J connectivity index is 3.32. The summed E-state index contributed by atoms with van der Waals surface area (Å²) in [5.74, 6) is 0. The average molecular weight is 174 g/mol. The van der Waals surface area contributed by atoms with Crippen LogP contribution in [0.4, 0.5) is 0 Å². The SMILES string of the molecule is CCCCCCC(OC)C(C)O. The molecule has 0 spiro atoms. The molecule has 0 aliphatic carbocycles. The highest BCUT2D eigenvalue weighted by atomic mass is 16.5. The zero-order chi connectivity index (χ0) is 9.40. The molecule has 2 unspecified atom stereocenters. The predicted molar refractivity (Wildman–Crippen MR) is 51.2 cm³/mol. The standard InChI is InChI=1S/C10H22O2/c1-4-5-6-7-8-10(12-3)9(2)11/h9-11H,4-8H2,1-3H3. The maximum atomic E-state index is 9.24. The van der Waals surface area contributed by atoms with Crippen molar-refractivity contribution in [1.29, 1.82) is 0 Å². The fraction of sp³-hybridized carbons (Fsp3) is 1.00. The summed E-state index contributed by atoms with van der Waals surface area (Å²) in [6.45, 7) is 3.98. The average Bonchev–Trinajstić information content (AvgIpc) is 2.04. The summed E-state index contributed by atoms with van der Waals surface area (Å²) in [5, 5.41) is 9.24. The van der Waals surface area contributed by atoms with Crippen LogP contribution in [0.1, 0.15) is 46.0 Å². The molecular formula is C10H22O2. The molecule has 0 fully saturated rings. The van der Waals surface area contributed by atoms with Gasteiger partial charge in [0.2, 0.25) is 0 Å². The van der Waals surface area contributed by atoms with Gasteiger partial charge in [-0.2, -0.15) is 0 Å². The number of aliphatic hydroxyl groups excluding tert-OH is 1. The van der Waals surface area contributed by atoms with Crippen LogP contribution < -0.4 is 0 Å². The van der Waals surface area contributed by atoms with Crippen LogP contribution in [0.2, 0.25) is 0 Å². The molecule has 0 amide bonds. The molecule has 0 radical (unpaired) electrons. The Labute approximate surface area is 75.9 Å². The monoisotopic (exact) mass is 174 g/mol. The first-order valence-corrected chi connectivity index (χ1v) is 4.93. The van der Waals surface area contributed by atoms with Gasteiger partial charge in [0.05, 0.1) is 12.2 Å². The van der Waals surface area contributed by atoms with Gasteiger partial charge in [0.25, 0.3) is 0 Å². The number of aliphatic hydroxyl groups is 1. The Morgan fingerprint density at radius 1 is 1.25 bits per heavy atom. The number of ether oxygens (including phenoxy) is 1. The summed E-state index contributed by atoms with van der Waals surface area (Å²) in [6, 6.07) is 0. The van der Waals surface area contributed by atoms with Gasteiger partial charge in [0.15, 0.2) is 0 Å². The van der Waals surface area contributed by atoms with Crippen molar-refractivity contribution in [3.05, 3.63) is 0 Å². The van der Waals surface area contributed by atoms with E-state index in [-0.39, 0.29) is 12.2 Å². The molecular weight excluding hydrogens is 152 g/mol. The van der Waals surface area contributed by atoms with Crippen LogP contribution in [0.5, 0.6) is 0 Å². The van der Waals surface area contributed by atoms with Crippen LogP contribution >= 0.6 is 0 Å². The van der Waals surface area contributed by atoms with Gasteiger partial charge in [0, 0.05) is 7.11 Å². The molecule has 0 aromatic heterocycles. The first kappa shape index (κ1) is 11.9. The fourth-order valence-corrected chi connectivity index (χ4v) is 1.33. The molecule has 0 aliphatic heterocycles. The van der Waals surface area contributed by atoms with Gasteiger partial charge in [-0.05, 0) is 13.3 Å². The second-order valence-corrected chi connectivity index (χ2v) is 3.36. The third-order valence-electron chi connectivity index (χ3n) is 2.18. The molecule has 12 heavy (non-hydrogen) atoms. The minimum atomic E-state index is -0.336. The summed E-state index contributed by atoms with van der Waals surface area (Å²) >= 11 is 0. The number of methoxy groups -OCH3 is 1. The lowest BCUT2D eigenvalue weighted by atomic mass is 10.1. The van der Waals surface area contributed by atoms with Crippen molar-refractivity contribution < 1.29 is 9.84 Å². The lowest BCUT2D eigenvalue weighted by Crippen LogP contribution is -2.24. The normalized spacial score (nSPS) is 16.0. The van der Waals surface area contributed by atoms with Crippen molar-refractivity contribution in [2.45, 2.75) is 58.2 Å². The Hall–Kier alpha value is -0.0800. The highest BCUT2D eigenvalue weighted by molar-refractivity contribution is 4.63. The van der Waals surface area contributed by atoms with E-state index >= 15 is 0 Å². The summed E-state index contributed by atoms with van der Waals surface area (Å²) in [4.78, 5) is 0. The number of hydrogen-bond donors (Lipinski definition) is 1. The molecule has 2 nitrogen and oxygen atoms in total. The molecule has 74 valence electrons. The number of unbranched alkanes of at least 4 members (excludes halogenated alkanes) is 3. The fourth-order valence-electron chi connectivity index (χ4n) is 1.33. The van der Waals surface area contributed by atoms with E-state index in [2.05, 4.69) is 6.92 Å². The van der Waals surface area contributed by atoms with Crippen molar-refractivity contribution in [1.82, 2.24) is 0 Å². The molecule has 2 atom stereocenters. The second kappa shape index (κ2) is 7.56. The van der Waals surface area contributed by atoms with Crippen LogP contribution in [0.15, 0.2) is 0 Å². The zero-order valence-corrected chi connectivity index (χ0v) is 8.55. The number of rotatable bonds is 7. The van der Waals surface area contributed by atoms with Crippen LogP contribution in [0.3, 0.4) is 0 Å². The highest BCUT2D eigenvalue weighted by Gasteiger charge is 2.12. The first-order chi connectivity index (χ1) is 5.72. The quantitative estimate of drug-likeness (QED) is 0.600. The molecule has 0 bridgehead atoms. The largest absolute Gasteiger partial charge is 0.391 e. The maximum absolute atomic E-state index is 9.24. The maximum Gasteiger partial charge on any atom is 0.0827 e. The topological polar surface area (TPSA) is 29.5 Å². The summed E-state index contributed by atoms with van der Waals surface area (Å²) in [6.07, 6.45) is 5.63. The Morgan fingerprint density at radius 2 is 1.92 bits per heavy atom. The van der Waals surface area contributed by atoms with Gasteiger partial charge in [0.1, 0.15) is 0 Å². The Bertz CT molecular complexity index is 91.8. The lowest BCUT2D eigenvalue weighted by molar-refractivity contribution is -0.00794. The molecule has 0 aromatic carbocycles. The first-order valence-electron chi connectivity index (χ1n) is 4.93. The van der Waals surface area contributed by atoms with E-state index in [0.717, 1.165) is 12.8 Å². The van der Waals surface area contributed by atoms with E-state index in [4.69, 9.17) is 4.74 Å². The lowest BCUT2D eigenvalue weighted by Gasteiger charge is -2.17. The molecule has 2 heteroatoms. The van der Waals surface area contributed by atoms with Gasteiger partial charge < -0.3 is 9.84 Å². The van der Waals surface area contributed by atoms with Crippen LogP contribution in [-0.2, 0) is 4.74 Å². The molecule has 0 heterocycles. The van der Waals surface area contributed by atoms with E-state index in [9.17, 15) is 5.11 Å². The van der Waals surface area contributed by atoms with Crippen molar-refractivity contribution >= 4 is 0 Å².